The van der Waals surface area contributed by atoms with E-state index in [-0.39, 0.29) is 31.0 Å². The molecule has 1 N–H and O–H groups in total. The Balaban J connectivity index is 1.48. The third kappa shape index (κ3) is 5.71. The molecule has 2 aromatic heterocycles. The highest BCUT2D eigenvalue weighted by atomic mass is 32.1. The van der Waals surface area contributed by atoms with E-state index in [1.165, 1.54) is 11.3 Å². The molecule has 1 fully saturated rings. The predicted molar refractivity (Wildman–Crippen MR) is 145 cm³/mol. The molecule has 3 heterocycles. The molecule has 9 nitrogen and oxygen atoms in total. The first kappa shape index (κ1) is 25.9. The molecule has 2 amide bonds. The fourth-order valence-electron chi connectivity index (χ4n) is 4.69. The molecule has 38 heavy (non-hydrogen) atoms. The lowest BCUT2D eigenvalue weighted by Crippen LogP contribution is -2.46. The number of aromatic nitrogens is 3. The fourth-order valence-corrected chi connectivity index (χ4v) is 5.72. The summed E-state index contributed by atoms with van der Waals surface area (Å²) in [6.07, 6.45) is 1.90. The zero-order valence-corrected chi connectivity index (χ0v) is 22.3. The van der Waals surface area contributed by atoms with Gasteiger partial charge in [-0.3, -0.25) is 9.59 Å². The fraction of sp³-hybridized carbons (Fsp3) is 0.357. The van der Waals surface area contributed by atoms with Crippen LogP contribution in [0, 0.1) is 6.92 Å². The monoisotopic (exact) mass is 533 g/mol. The number of hydrogen-bond donors (Lipinski definition) is 1. The van der Waals surface area contributed by atoms with Crippen LogP contribution in [0.5, 0.6) is 5.75 Å². The SMILES string of the molecule is COc1ccc(CN(C(=O)Cn2nnc3ccccc32)C(C(=O)NCC2CCCO2)c2sccc2C)cc1. The number of para-hydroxylation sites is 1. The van der Waals surface area contributed by atoms with Crippen molar-refractivity contribution in [2.45, 2.75) is 45.0 Å². The molecule has 198 valence electrons. The maximum atomic E-state index is 14.0. The topological polar surface area (TPSA) is 98.6 Å². The molecule has 0 saturated carbocycles. The van der Waals surface area contributed by atoms with Crippen LogP contribution in [0.1, 0.15) is 34.9 Å². The number of nitrogens with one attached hydrogen (secondary N) is 1. The van der Waals surface area contributed by atoms with Crippen molar-refractivity contribution in [2.24, 2.45) is 0 Å². The number of hydrogen-bond acceptors (Lipinski definition) is 7. The number of carbonyl (C=O) groups is 2. The summed E-state index contributed by atoms with van der Waals surface area (Å²) in [4.78, 5) is 30.3. The second kappa shape index (κ2) is 11.7. The van der Waals surface area contributed by atoms with E-state index < -0.39 is 6.04 Å². The Hall–Kier alpha value is -3.76. The second-order valence-electron chi connectivity index (χ2n) is 9.36. The standard InChI is InChI=1S/C28H31N5O4S/c1-19-13-15-38-27(19)26(28(35)29-16-22-6-5-14-37-22)32(17-20-9-11-21(36-2)12-10-20)25(34)18-33-24-8-4-3-7-23(24)30-31-33/h3-4,7-13,15,22,26H,5-6,14,16-18H2,1-2H3,(H,29,35). The van der Waals surface area contributed by atoms with Crippen LogP contribution in [0.25, 0.3) is 11.0 Å². The number of benzene rings is 2. The van der Waals surface area contributed by atoms with Gasteiger partial charge in [-0.25, -0.2) is 4.68 Å². The van der Waals surface area contributed by atoms with E-state index in [1.54, 1.807) is 16.7 Å². The molecular weight excluding hydrogens is 502 g/mol. The van der Waals surface area contributed by atoms with E-state index in [0.717, 1.165) is 40.1 Å². The number of nitrogens with zero attached hydrogens (tertiary/aromatic N) is 4. The largest absolute Gasteiger partial charge is 0.497 e. The van der Waals surface area contributed by atoms with Crippen molar-refractivity contribution in [2.75, 3.05) is 20.3 Å². The second-order valence-corrected chi connectivity index (χ2v) is 10.3. The van der Waals surface area contributed by atoms with E-state index in [2.05, 4.69) is 15.6 Å². The average Bonchev–Trinajstić information content (AvgIpc) is 3.70. The lowest BCUT2D eigenvalue weighted by atomic mass is 10.1. The molecule has 0 radical (unpaired) electrons. The van der Waals surface area contributed by atoms with Gasteiger partial charge in [0.1, 0.15) is 23.9 Å². The number of rotatable bonds is 10. The van der Waals surface area contributed by atoms with E-state index >= 15 is 0 Å². The van der Waals surface area contributed by atoms with E-state index in [4.69, 9.17) is 9.47 Å². The van der Waals surface area contributed by atoms with Gasteiger partial charge in [-0.15, -0.1) is 16.4 Å². The highest BCUT2D eigenvalue weighted by Crippen LogP contribution is 2.31. The minimum absolute atomic E-state index is 0.00344. The number of aryl methyl sites for hydroxylation is 1. The molecular formula is C28H31N5O4S. The molecule has 2 unspecified atom stereocenters. The van der Waals surface area contributed by atoms with Gasteiger partial charge in [0.2, 0.25) is 11.8 Å². The Morgan fingerprint density at radius 1 is 1.21 bits per heavy atom. The van der Waals surface area contributed by atoms with Crippen LogP contribution in [0.2, 0.25) is 0 Å². The molecule has 10 heteroatoms. The molecule has 1 aliphatic heterocycles. The number of carbonyl (C=O) groups excluding carboxylic acids is 2. The first-order valence-corrected chi connectivity index (χ1v) is 13.6. The van der Waals surface area contributed by atoms with E-state index in [1.807, 2.05) is 66.9 Å². The Morgan fingerprint density at radius 2 is 2.03 bits per heavy atom. The van der Waals surface area contributed by atoms with Crippen LogP contribution in [0.3, 0.4) is 0 Å². The van der Waals surface area contributed by atoms with Crippen molar-refractivity contribution in [1.29, 1.82) is 0 Å². The van der Waals surface area contributed by atoms with Gasteiger partial charge >= 0.3 is 0 Å². The van der Waals surface area contributed by atoms with Crippen LogP contribution in [0.4, 0.5) is 0 Å². The molecule has 1 aliphatic rings. The van der Waals surface area contributed by atoms with Crippen molar-refractivity contribution < 1.29 is 19.1 Å². The molecule has 1 saturated heterocycles. The Morgan fingerprint density at radius 3 is 2.74 bits per heavy atom. The van der Waals surface area contributed by atoms with Crippen molar-refractivity contribution in [1.82, 2.24) is 25.2 Å². The van der Waals surface area contributed by atoms with Crippen molar-refractivity contribution in [3.63, 3.8) is 0 Å². The molecule has 0 spiro atoms. The van der Waals surface area contributed by atoms with Gasteiger partial charge in [0, 0.05) is 24.6 Å². The number of thiophene rings is 1. The van der Waals surface area contributed by atoms with Crippen molar-refractivity contribution >= 4 is 34.2 Å². The summed E-state index contributed by atoms with van der Waals surface area (Å²) in [7, 11) is 1.61. The molecule has 2 atom stereocenters. The highest BCUT2D eigenvalue weighted by Gasteiger charge is 2.34. The molecule has 0 bridgehead atoms. The normalized spacial score (nSPS) is 15.9. The van der Waals surface area contributed by atoms with E-state index in [9.17, 15) is 9.59 Å². The third-order valence-electron chi connectivity index (χ3n) is 6.78. The number of methoxy groups -OCH3 is 1. The van der Waals surface area contributed by atoms with Crippen LogP contribution >= 0.6 is 11.3 Å². The van der Waals surface area contributed by atoms with Crippen LogP contribution < -0.4 is 10.1 Å². The van der Waals surface area contributed by atoms with Crippen LogP contribution in [0.15, 0.2) is 60.0 Å². The maximum absolute atomic E-state index is 14.0. The first-order valence-electron chi connectivity index (χ1n) is 12.7. The minimum Gasteiger partial charge on any atom is -0.497 e. The van der Waals surface area contributed by atoms with Gasteiger partial charge in [-0.2, -0.15) is 0 Å². The smallest absolute Gasteiger partial charge is 0.248 e. The van der Waals surface area contributed by atoms with Crippen LogP contribution in [-0.4, -0.2) is 58.1 Å². The zero-order chi connectivity index (χ0) is 26.5. The van der Waals surface area contributed by atoms with Gasteiger partial charge < -0.3 is 19.7 Å². The van der Waals surface area contributed by atoms with Crippen molar-refractivity contribution in [3.8, 4) is 5.75 Å². The summed E-state index contributed by atoms with van der Waals surface area (Å²) >= 11 is 1.48. The first-order chi connectivity index (χ1) is 18.5. The van der Waals surface area contributed by atoms with Gasteiger partial charge in [0.25, 0.3) is 0 Å². The summed E-state index contributed by atoms with van der Waals surface area (Å²) in [5.74, 6) is 0.263. The van der Waals surface area contributed by atoms with Gasteiger partial charge in [-0.1, -0.05) is 29.5 Å². The summed E-state index contributed by atoms with van der Waals surface area (Å²) in [6.45, 7) is 3.29. The number of ether oxygens (including phenoxy) is 2. The van der Waals surface area contributed by atoms with Gasteiger partial charge in [-0.05, 0) is 66.6 Å². The summed E-state index contributed by atoms with van der Waals surface area (Å²) in [6, 6.07) is 16.2. The molecule has 5 rings (SSSR count). The van der Waals surface area contributed by atoms with Crippen LogP contribution in [-0.2, 0) is 27.4 Å². The summed E-state index contributed by atoms with van der Waals surface area (Å²) in [5.41, 5.74) is 3.32. The minimum atomic E-state index is -0.805. The zero-order valence-electron chi connectivity index (χ0n) is 21.5. The lowest BCUT2D eigenvalue weighted by molar-refractivity contribution is -0.142. The predicted octanol–water partition coefficient (Wildman–Crippen LogP) is 3.88. The van der Waals surface area contributed by atoms with Gasteiger partial charge in [0.05, 0.1) is 18.7 Å². The highest BCUT2D eigenvalue weighted by molar-refractivity contribution is 7.10. The Labute approximate surface area is 225 Å². The third-order valence-corrected chi connectivity index (χ3v) is 7.85. The summed E-state index contributed by atoms with van der Waals surface area (Å²) in [5, 5.41) is 13.4. The van der Waals surface area contributed by atoms with Gasteiger partial charge in [0.15, 0.2) is 0 Å². The quantitative estimate of drug-likeness (QED) is 0.332. The van der Waals surface area contributed by atoms with E-state index in [0.29, 0.717) is 18.7 Å². The number of fused-ring (bicyclic) bond motifs is 1. The average molecular weight is 534 g/mol. The molecule has 2 aromatic carbocycles. The maximum Gasteiger partial charge on any atom is 0.248 e. The molecule has 4 aromatic rings. The number of amides is 2. The lowest BCUT2D eigenvalue weighted by Gasteiger charge is -2.31. The summed E-state index contributed by atoms with van der Waals surface area (Å²) < 4.78 is 12.6. The van der Waals surface area contributed by atoms with Crippen molar-refractivity contribution in [3.05, 3.63) is 76.0 Å². The Kier molecular flexibility index (Phi) is 8.00. The Bertz CT molecular complexity index is 1390. The molecule has 0 aliphatic carbocycles.